The lowest BCUT2D eigenvalue weighted by Crippen LogP contribution is -2.37. The van der Waals surface area contributed by atoms with Crippen molar-refractivity contribution in [2.24, 2.45) is 0 Å². The average molecular weight is 349 g/mol. The molecule has 0 spiro atoms. The van der Waals surface area contributed by atoms with Crippen LogP contribution in [0.2, 0.25) is 0 Å². The van der Waals surface area contributed by atoms with Crippen LogP contribution in [0.15, 0.2) is 48.5 Å². The van der Waals surface area contributed by atoms with Crippen molar-refractivity contribution >= 4 is 22.6 Å². The SMILES string of the molecule is C[C@H]1Cc2ccccc2[C@@H](c2ccc(I)cc2)N1. The zero-order valence-corrected chi connectivity index (χ0v) is 12.5. The molecule has 1 aliphatic rings. The Kier molecular flexibility index (Phi) is 3.39. The first-order valence-electron chi connectivity index (χ1n) is 6.33. The molecular formula is C16H16IN. The minimum absolute atomic E-state index is 0.335. The normalized spacial score (nSPS) is 22.6. The summed E-state index contributed by atoms with van der Waals surface area (Å²) in [5, 5.41) is 3.71. The zero-order valence-electron chi connectivity index (χ0n) is 10.4. The molecule has 0 aliphatic carbocycles. The van der Waals surface area contributed by atoms with Gasteiger partial charge in [0.25, 0.3) is 0 Å². The van der Waals surface area contributed by atoms with Gasteiger partial charge in [0.05, 0.1) is 6.04 Å². The maximum atomic E-state index is 3.71. The zero-order chi connectivity index (χ0) is 12.5. The van der Waals surface area contributed by atoms with Crippen LogP contribution < -0.4 is 5.32 Å². The standard InChI is InChI=1S/C16H16IN/c1-11-10-13-4-2-3-5-15(13)16(18-11)12-6-8-14(17)9-7-12/h2-9,11,16,18H,10H2,1H3/t11-,16+/m0/s1. The average Bonchev–Trinajstić information content (AvgIpc) is 2.38. The molecule has 1 heterocycles. The quantitative estimate of drug-likeness (QED) is 0.770. The van der Waals surface area contributed by atoms with Crippen LogP contribution in [0.1, 0.15) is 29.7 Å². The van der Waals surface area contributed by atoms with Crippen molar-refractivity contribution in [3.8, 4) is 0 Å². The van der Waals surface area contributed by atoms with Crippen LogP contribution in [0, 0.1) is 3.57 Å². The lowest BCUT2D eigenvalue weighted by molar-refractivity contribution is 0.464. The second-order valence-electron chi connectivity index (χ2n) is 4.96. The molecule has 0 aromatic heterocycles. The Bertz CT molecular complexity index is 547. The van der Waals surface area contributed by atoms with E-state index >= 15 is 0 Å². The predicted molar refractivity (Wildman–Crippen MR) is 83.7 cm³/mol. The van der Waals surface area contributed by atoms with Gasteiger partial charge >= 0.3 is 0 Å². The maximum absolute atomic E-state index is 3.71. The largest absolute Gasteiger partial charge is 0.303 e. The van der Waals surface area contributed by atoms with Crippen molar-refractivity contribution in [3.63, 3.8) is 0 Å². The molecule has 2 heteroatoms. The van der Waals surface area contributed by atoms with Crippen molar-refractivity contribution in [3.05, 3.63) is 68.8 Å². The molecule has 3 rings (SSSR count). The Morgan fingerprint density at radius 3 is 2.56 bits per heavy atom. The first kappa shape index (κ1) is 12.2. The first-order valence-corrected chi connectivity index (χ1v) is 7.41. The van der Waals surface area contributed by atoms with Crippen LogP contribution in [0.4, 0.5) is 0 Å². The fourth-order valence-electron chi connectivity index (χ4n) is 2.70. The molecule has 0 amide bonds. The van der Waals surface area contributed by atoms with Crippen LogP contribution >= 0.6 is 22.6 Å². The summed E-state index contributed by atoms with van der Waals surface area (Å²) < 4.78 is 1.29. The smallest absolute Gasteiger partial charge is 0.0581 e. The third-order valence-electron chi connectivity index (χ3n) is 3.55. The molecule has 0 radical (unpaired) electrons. The molecule has 0 unspecified atom stereocenters. The van der Waals surface area contributed by atoms with Gasteiger partial charge in [-0.2, -0.15) is 0 Å². The predicted octanol–water partition coefficient (Wildman–Crippen LogP) is 3.91. The van der Waals surface area contributed by atoms with Crippen molar-refractivity contribution < 1.29 is 0 Å². The van der Waals surface area contributed by atoms with Gasteiger partial charge in [0.15, 0.2) is 0 Å². The van der Waals surface area contributed by atoms with Gasteiger partial charge in [-0.15, -0.1) is 0 Å². The fraction of sp³-hybridized carbons (Fsp3) is 0.250. The van der Waals surface area contributed by atoms with Gasteiger partial charge in [-0.05, 0) is 64.8 Å². The van der Waals surface area contributed by atoms with Crippen molar-refractivity contribution in [1.29, 1.82) is 0 Å². The number of hydrogen-bond acceptors (Lipinski definition) is 1. The van der Waals surface area contributed by atoms with Crippen molar-refractivity contribution in [1.82, 2.24) is 5.32 Å². The lowest BCUT2D eigenvalue weighted by atomic mass is 9.87. The summed E-state index contributed by atoms with van der Waals surface area (Å²) in [7, 11) is 0. The molecule has 2 aromatic rings. The summed E-state index contributed by atoms with van der Waals surface area (Å²) in [6.45, 7) is 2.26. The Morgan fingerprint density at radius 2 is 1.78 bits per heavy atom. The third kappa shape index (κ3) is 2.31. The number of nitrogens with one attached hydrogen (secondary N) is 1. The van der Waals surface area contributed by atoms with Gasteiger partial charge in [-0.25, -0.2) is 0 Å². The Labute approximate surface area is 122 Å². The van der Waals surface area contributed by atoms with E-state index in [1.54, 1.807) is 0 Å². The molecule has 92 valence electrons. The summed E-state index contributed by atoms with van der Waals surface area (Å²) in [6.07, 6.45) is 1.12. The Balaban J connectivity index is 2.04. The second kappa shape index (κ2) is 5.02. The molecule has 0 fully saturated rings. The molecule has 2 atom stereocenters. The van der Waals surface area contributed by atoms with E-state index in [0.29, 0.717) is 12.1 Å². The van der Waals surface area contributed by atoms with Gasteiger partial charge in [-0.3, -0.25) is 0 Å². The third-order valence-corrected chi connectivity index (χ3v) is 4.27. The van der Waals surface area contributed by atoms with Crippen molar-refractivity contribution in [2.75, 3.05) is 0 Å². The van der Waals surface area contributed by atoms with Gasteiger partial charge < -0.3 is 5.32 Å². The molecule has 1 N–H and O–H groups in total. The Hall–Kier alpha value is -0.870. The van der Waals surface area contributed by atoms with E-state index in [2.05, 4.69) is 83.4 Å². The van der Waals surface area contributed by atoms with Gasteiger partial charge in [-0.1, -0.05) is 36.4 Å². The van der Waals surface area contributed by atoms with Gasteiger partial charge in [0, 0.05) is 9.61 Å². The Morgan fingerprint density at radius 1 is 1.06 bits per heavy atom. The summed E-state index contributed by atoms with van der Waals surface area (Å²) in [4.78, 5) is 0. The molecule has 18 heavy (non-hydrogen) atoms. The summed E-state index contributed by atoms with van der Waals surface area (Å²) in [5.74, 6) is 0. The highest BCUT2D eigenvalue weighted by molar-refractivity contribution is 14.1. The lowest BCUT2D eigenvalue weighted by Gasteiger charge is -2.31. The van der Waals surface area contributed by atoms with Crippen LogP contribution in [-0.4, -0.2) is 6.04 Å². The highest BCUT2D eigenvalue weighted by Gasteiger charge is 2.24. The highest BCUT2D eigenvalue weighted by Crippen LogP contribution is 2.30. The summed E-state index contributed by atoms with van der Waals surface area (Å²) in [6, 6.07) is 18.5. The minimum atomic E-state index is 0.335. The number of fused-ring (bicyclic) bond motifs is 1. The molecule has 0 saturated carbocycles. The van der Waals surface area contributed by atoms with E-state index in [1.165, 1.54) is 20.3 Å². The highest BCUT2D eigenvalue weighted by atomic mass is 127. The van der Waals surface area contributed by atoms with E-state index in [9.17, 15) is 0 Å². The molecule has 0 saturated heterocycles. The van der Waals surface area contributed by atoms with Crippen LogP contribution in [-0.2, 0) is 6.42 Å². The monoisotopic (exact) mass is 349 g/mol. The van der Waals surface area contributed by atoms with E-state index in [0.717, 1.165) is 6.42 Å². The van der Waals surface area contributed by atoms with E-state index in [1.807, 2.05) is 0 Å². The van der Waals surface area contributed by atoms with E-state index < -0.39 is 0 Å². The van der Waals surface area contributed by atoms with Gasteiger partial charge in [0.2, 0.25) is 0 Å². The number of benzene rings is 2. The number of rotatable bonds is 1. The second-order valence-corrected chi connectivity index (χ2v) is 6.20. The molecule has 1 aliphatic heterocycles. The molecule has 2 aromatic carbocycles. The van der Waals surface area contributed by atoms with Gasteiger partial charge in [0.1, 0.15) is 0 Å². The minimum Gasteiger partial charge on any atom is -0.303 e. The first-order chi connectivity index (χ1) is 8.74. The topological polar surface area (TPSA) is 12.0 Å². The maximum Gasteiger partial charge on any atom is 0.0581 e. The van der Waals surface area contributed by atoms with Crippen LogP contribution in [0.3, 0.4) is 0 Å². The summed E-state index contributed by atoms with van der Waals surface area (Å²) in [5.41, 5.74) is 4.26. The van der Waals surface area contributed by atoms with Crippen molar-refractivity contribution in [2.45, 2.75) is 25.4 Å². The number of halogens is 1. The van der Waals surface area contributed by atoms with Crippen LogP contribution in [0.5, 0.6) is 0 Å². The molecule has 0 bridgehead atoms. The molecular weight excluding hydrogens is 333 g/mol. The molecule has 1 nitrogen and oxygen atoms in total. The van der Waals surface area contributed by atoms with Crippen LogP contribution in [0.25, 0.3) is 0 Å². The van der Waals surface area contributed by atoms with E-state index in [-0.39, 0.29) is 0 Å². The number of hydrogen-bond donors (Lipinski definition) is 1. The van der Waals surface area contributed by atoms with E-state index in [4.69, 9.17) is 0 Å². The fourth-order valence-corrected chi connectivity index (χ4v) is 3.06. The summed E-state index contributed by atoms with van der Waals surface area (Å²) >= 11 is 2.35.